The van der Waals surface area contributed by atoms with E-state index in [0.29, 0.717) is 17.8 Å². The second kappa shape index (κ2) is 5.65. The highest BCUT2D eigenvalue weighted by molar-refractivity contribution is 5.48. The summed E-state index contributed by atoms with van der Waals surface area (Å²) in [6, 6.07) is 4.70. The highest BCUT2D eigenvalue weighted by atomic mass is 19.1. The van der Waals surface area contributed by atoms with Crippen molar-refractivity contribution >= 4 is 5.69 Å². The molecule has 1 saturated carbocycles. The molecule has 0 atom stereocenters. The molecular weight excluding hydrogens is 234 g/mol. The summed E-state index contributed by atoms with van der Waals surface area (Å²) in [5.41, 5.74) is 0.490. The molecule has 0 saturated heterocycles. The summed E-state index contributed by atoms with van der Waals surface area (Å²) in [5.74, 6) is -1.00. The van der Waals surface area contributed by atoms with Crippen molar-refractivity contribution in [1.82, 2.24) is 5.32 Å². The zero-order valence-electron chi connectivity index (χ0n) is 10.9. The van der Waals surface area contributed by atoms with Gasteiger partial charge in [-0.2, -0.15) is 0 Å². The molecule has 1 fully saturated rings. The largest absolute Gasteiger partial charge is 0.369 e. The summed E-state index contributed by atoms with van der Waals surface area (Å²) in [5, 5.41) is 3.28. The molecule has 0 radical (unpaired) electrons. The molecule has 1 aliphatic carbocycles. The molecule has 1 aromatic carbocycles. The van der Waals surface area contributed by atoms with Crippen molar-refractivity contribution in [3.8, 4) is 0 Å². The predicted molar refractivity (Wildman–Crippen MR) is 69.9 cm³/mol. The Hall–Kier alpha value is -1.16. The molecule has 1 aliphatic rings. The van der Waals surface area contributed by atoms with Gasteiger partial charge < -0.3 is 10.2 Å². The summed E-state index contributed by atoms with van der Waals surface area (Å²) in [6.45, 7) is 0. The Morgan fingerprint density at radius 3 is 2.39 bits per heavy atom. The molecule has 0 heterocycles. The lowest BCUT2D eigenvalue weighted by atomic mass is 9.90. The number of halogens is 2. The first-order valence-electron chi connectivity index (χ1n) is 6.47. The van der Waals surface area contributed by atoms with E-state index in [-0.39, 0.29) is 0 Å². The minimum atomic E-state index is -0.524. The van der Waals surface area contributed by atoms with Gasteiger partial charge in [0.25, 0.3) is 0 Å². The van der Waals surface area contributed by atoms with Gasteiger partial charge >= 0.3 is 0 Å². The van der Waals surface area contributed by atoms with Crippen LogP contribution in [0.1, 0.15) is 25.7 Å². The Balaban J connectivity index is 2.05. The standard InChI is InChI=1S/C14H20F2N2/c1-17-11-4-6-12(7-5-11)18(2)14-8-3-10(15)9-13(14)16/h3,8-9,11-12,17H,4-7H2,1-2H3. The Bertz CT molecular complexity index is 401. The highest BCUT2D eigenvalue weighted by Gasteiger charge is 2.24. The fourth-order valence-electron chi connectivity index (χ4n) is 2.72. The van der Waals surface area contributed by atoms with Gasteiger partial charge in [0.15, 0.2) is 0 Å². The second-order valence-corrected chi connectivity index (χ2v) is 5.00. The lowest BCUT2D eigenvalue weighted by molar-refractivity contribution is 0.350. The molecule has 0 aromatic heterocycles. The van der Waals surface area contributed by atoms with Crippen LogP contribution < -0.4 is 10.2 Å². The van der Waals surface area contributed by atoms with Crippen molar-refractivity contribution in [2.45, 2.75) is 37.8 Å². The van der Waals surface area contributed by atoms with Crippen LogP contribution in [0, 0.1) is 11.6 Å². The Morgan fingerprint density at radius 2 is 1.83 bits per heavy atom. The molecule has 2 rings (SSSR count). The van der Waals surface area contributed by atoms with Gasteiger partial charge in [0.2, 0.25) is 0 Å². The van der Waals surface area contributed by atoms with Crippen molar-refractivity contribution in [1.29, 1.82) is 0 Å². The summed E-state index contributed by atoms with van der Waals surface area (Å²) >= 11 is 0. The van der Waals surface area contributed by atoms with E-state index in [4.69, 9.17) is 0 Å². The number of hydrogen-bond acceptors (Lipinski definition) is 2. The number of hydrogen-bond donors (Lipinski definition) is 1. The van der Waals surface area contributed by atoms with Crippen molar-refractivity contribution < 1.29 is 8.78 Å². The molecule has 0 amide bonds. The van der Waals surface area contributed by atoms with Gasteiger partial charge in [0.05, 0.1) is 5.69 Å². The van der Waals surface area contributed by atoms with E-state index in [0.717, 1.165) is 31.7 Å². The number of anilines is 1. The SMILES string of the molecule is CNC1CCC(N(C)c2ccc(F)cc2F)CC1. The predicted octanol–water partition coefficient (Wildman–Crippen LogP) is 2.93. The van der Waals surface area contributed by atoms with Crippen molar-refractivity contribution in [3.05, 3.63) is 29.8 Å². The molecule has 1 aromatic rings. The van der Waals surface area contributed by atoms with Crippen LogP contribution >= 0.6 is 0 Å². The zero-order valence-corrected chi connectivity index (χ0v) is 10.9. The van der Waals surface area contributed by atoms with Crippen LogP contribution in [0.3, 0.4) is 0 Å². The Labute approximate surface area is 107 Å². The quantitative estimate of drug-likeness (QED) is 0.892. The van der Waals surface area contributed by atoms with Gasteiger partial charge in [-0.1, -0.05) is 0 Å². The average molecular weight is 254 g/mol. The fraction of sp³-hybridized carbons (Fsp3) is 0.571. The first-order chi connectivity index (χ1) is 8.61. The van der Waals surface area contributed by atoms with E-state index in [2.05, 4.69) is 5.32 Å². The average Bonchev–Trinajstić information content (AvgIpc) is 2.38. The van der Waals surface area contributed by atoms with Crippen molar-refractivity contribution in [2.75, 3.05) is 19.0 Å². The van der Waals surface area contributed by atoms with E-state index in [1.54, 1.807) is 0 Å². The molecule has 100 valence electrons. The van der Waals surface area contributed by atoms with Gasteiger partial charge in [-0.15, -0.1) is 0 Å². The van der Waals surface area contributed by atoms with Crippen LogP contribution in [-0.2, 0) is 0 Å². The van der Waals surface area contributed by atoms with Gasteiger partial charge in [0, 0.05) is 25.2 Å². The van der Waals surface area contributed by atoms with Gasteiger partial charge in [-0.05, 0) is 44.9 Å². The van der Waals surface area contributed by atoms with Crippen LogP contribution in [-0.4, -0.2) is 26.2 Å². The third-order valence-electron chi connectivity index (χ3n) is 3.94. The van der Waals surface area contributed by atoms with Crippen LogP contribution in [0.25, 0.3) is 0 Å². The van der Waals surface area contributed by atoms with Gasteiger partial charge in [0.1, 0.15) is 11.6 Å². The summed E-state index contributed by atoms with van der Waals surface area (Å²) in [4.78, 5) is 1.95. The molecule has 4 heteroatoms. The van der Waals surface area contributed by atoms with E-state index < -0.39 is 11.6 Å². The number of nitrogens with one attached hydrogen (secondary N) is 1. The smallest absolute Gasteiger partial charge is 0.149 e. The minimum absolute atomic E-state index is 0.342. The van der Waals surface area contributed by atoms with E-state index >= 15 is 0 Å². The summed E-state index contributed by atoms with van der Waals surface area (Å²) in [7, 11) is 3.87. The van der Waals surface area contributed by atoms with Crippen molar-refractivity contribution in [2.24, 2.45) is 0 Å². The molecule has 18 heavy (non-hydrogen) atoms. The zero-order chi connectivity index (χ0) is 13.1. The van der Waals surface area contributed by atoms with Crippen LogP contribution in [0.2, 0.25) is 0 Å². The minimum Gasteiger partial charge on any atom is -0.369 e. The van der Waals surface area contributed by atoms with E-state index in [1.807, 2.05) is 19.0 Å². The first kappa shape index (κ1) is 13.3. The lowest BCUT2D eigenvalue weighted by Crippen LogP contribution is -2.40. The number of rotatable bonds is 3. The van der Waals surface area contributed by atoms with Gasteiger partial charge in [-0.3, -0.25) is 0 Å². The topological polar surface area (TPSA) is 15.3 Å². The summed E-state index contributed by atoms with van der Waals surface area (Å²) < 4.78 is 26.6. The molecule has 2 nitrogen and oxygen atoms in total. The first-order valence-corrected chi connectivity index (χ1v) is 6.47. The molecule has 1 N–H and O–H groups in total. The van der Waals surface area contributed by atoms with Crippen LogP contribution in [0.15, 0.2) is 18.2 Å². The molecule has 0 bridgehead atoms. The maximum atomic E-state index is 13.7. The third kappa shape index (κ3) is 2.80. The molecular formula is C14H20F2N2. The molecule has 0 spiro atoms. The normalized spacial score (nSPS) is 24.0. The highest BCUT2D eigenvalue weighted by Crippen LogP contribution is 2.28. The van der Waals surface area contributed by atoms with Crippen LogP contribution in [0.4, 0.5) is 14.5 Å². The lowest BCUT2D eigenvalue weighted by Gasteiger charge is -2.36. The third-order valence-corrected chi connectivity index (χ3v) is 3.94. The Morgan fingerprint density at radius 1 is 1.17 bits per heavy atom. The second-order valence-electron chi connectivity index (χ2n) is 5.00. The maximum absolute atomic E-state index is 13.7. The van der Waals surface area contributed by atoms with E-state index in [9.17, 15) is 8.78 Å². The van der Waals surface area contributed by atoms with E-state index in [1.165, 1.54) is 12.1 Å². The van der Waals surface area contributed by atoms with Crippen LogP contribution in [0.5, 0.6) is 0 Å². The number of nitrogens with zero attached hydrogens (tertiary/aromatic N) is 1. The Kier molecular flexibility index (Phi) is 4.17. The summed E-state index contributed by atoms with van der Waals surface area (Å²) in [6.07, 6.45) is 4.29. The number of benzene rings is 1. The van der Waals surface area contributed by atoms with Crippen molar-refractivity contribution in [3.63, 3.8) is 0 Å². The maximum Gasteiger partial charge on any atom is 0.149 e. The monoisotopic (exact) mass is 254 g/mol. The fourth-order valence-corrected chi connectivity index (χ4v) is 2.72. The molecule has 0 aliphatic heterocycles. The van der Waals surface area contributed by atoms with Gasteiger partial charge in [-0.25, -0.2) is 8.78 Å². The molecule has 0 unspecified atom stereocenters.